The van der Waals surface area contributed by atoms with Crippen LogP contribution in [0.5, 0.6) is 0 Å². The maximum Gasteiger partial charge on any atom is 0.271 e. The Hall–Kier alpha value is -2.49. The Labute approximate surface area is 132 Å². The van der Waals surface area contributed by atoms with Crippen LogP contribution in [0.3, 0.4) is 0 Å². The third-order valence-electron chi connectivity index (χ3n) is 3.34. The first-order valence-corrected chi connectivity index (χ1v) is 8.77. The van der Waals surface area contributed by atoms with Crippen LogP contribution >= 0.6 is 0 Å². The summed E-state index contributed by atoms with van der Waals surface area (Å²) >= 11 is 0. The minimum absolute atomic E-state index is 0.0304. The van der Waals surface area contributed by atoms with Crippen LogP contribution in [0, 0.1) is 6.92 Å². The molecule has 0 spiro atoms. The average Bonchev–Trinajstić information content (AvgIpc) is 3.05. The lowest BCUT2D eigenvalue weighted by molar-refractivity contribution is 0.0935. The van der Waals surface area contributed by atoms with Gasteiger partial charge in [0.25, 0.3) is 5.91 Å². The fourth-order valence-electron chi connectivity index (χ4n) is 2.23. The summed E-state index contributed by atoms with van der Waals surface area (Å²) in [6, 6.07) is 1.33. The number of hydrogen-bond acceptors (Lipinski definition) is 8. The molecule has 2 aromatic heterocycles. The maximum atomic E-state index is 12.0. The first kappa shape index (κ1) is 15.4. The van der Waals surface area contributed by atoms with E-state index in [0.717, 1.165) is 0 Å². The van der Waals surface area contributed by atoms with Gasteiger partial charge in [-0.2, -0.15) is 0 Å². The number of nitrogens with one attached hydrogen (secondary N) is 2. The molecule has 3 rings (SSSR count). The summed E-state index contributed by atoms with van der Waals surface area (Å²) in [5.74, 6) is 1.19. The number of sulfone groups is 1. The molecule has 0 aromatic carbocycles. The highest BCUT2D eigenvalue weighted by Gasteiger charge is 2.29. The second-order valence-corrected chi connectivity index (χ2v) is 7.54. The van der Waals surface area contributed by atoms with Gasteiger partial charge in [0.05, 0.1) is 23.9 Å². The van der Waals surface area contributed by atoms with Gasteiger partial charge in [0, 0.05) is 12.1 Å². The fourth-order valence-corrected chi connectivity index (χ4v) is 3.91. The zero-order valence-electron chi connectivity index (χ0n) is 12.3. The summed E-state index contributed by atoms with van der Waals surface area (Å²) < 4.78 is 27.7. The first-order valence-electron chi connectivity index (χ1n) is 6.95. The summed E-state index contributed by atoms with van der Waals surface area (Å²) in [6.07, 6.45) is 3.13. The molecule has 0 bridgehead atoms. The summed E-state index contributed by atoms with van der Waals surface area (Å²) in [5.41, 5.74) is 0.121. The van der Waals surface area contributed by atoms with Gasteiger partial charge < -0.3 is 15.2 Å². The highest BCUT2D eigenvalue weighted by Crippen LogP contribution is 2.14. The van der Waals surface area contributed by atoms with Crippen molar-refractivity contribution in [3.8, 4) is 0 Å². The van der Waals surface area contributed by atoms with Gasteiger partial charge in [-0.15, -0.1) is 0 Å². The molecule has 0 radical (unpaired) electrons. The topological polar surface area (TPSA) is 127 Å². The Bertz CT molecular complexity index is 815. The van der Waals surface area contributed by atoms with Gasteiger partial charge in [0.1, 0.15) is 17.3 Å². The van der Waals surface area contributed by atoms with Gasteiger partial charge in [-0.3, -0.25) is 4.79 Å². The minimum atomic E-state index is -3.04. The number of carbonyl (C=O) groups is 1. The first-order chi connectivity index (χ1) is 10.9. The number of amides is 1. The number of carbonyl (C=O) groups excluding carboxylic acids is 1. The summed E-state index contributed by atoms with van der Waals surface area (Å²) in [6.45, 7) is 1.76. The van der Waals surface area contributed by atoms with Crippen molar-refractivity contribution in [1.82, 2.24) is 20.4 Å². The van der Waals surface area contributed by atoms with Gasteiger partial charge in [-0.25, -0.2) is 18.4 Å². The van der Waals surface area contributed by atoms with Crippen LogP contribution in [0.1, 0.15) is 22.7 Å². The fraction of sp³-hybridized carbons (Fsp3) is 0.385. The Morgan fingerprint density at radius 2 is 2.13 bits per heavy atom. The van der Waals surface area contributed by atoms with E-state index in [1.807, 2.05) is 0 Å². The lowest BCUT2D eigenvalue weighted by Gasteiger charge is -2.10. The molecule has 1 saturated heterocycles. The molecule has 9 nitrogen and oxygen atoms in total. The molecule has 2 N–H and O–H groups in total. The Kier molecular flexibility index (Phi) is 3.99. The van der Waals surface area contributed by atoms with Crippen molar-refractivity contribution in [3.63, 3.8) is 0 Å². The molecule has 0 saturated carbocycles. The number of nitrogens with zero attached hydrogens (tertiary/aromatic N) is 3. The van der Waals surface area contributed by atoms with E-state index >= 15 is 0 Å². The Morgan fingerprint density at radius 3 is 2.70 bits per heavy atom. The molecule has 1 unspecified atom stereocenters. The molecular weight excluding hydrogens is 322 g/mol. The molecule has 23 heavy (non-hydrogen) atoms. The van der Waals surface area contributed by atoms with Crippen LogP contribution in [-0.4, -0.2) is 47.0 Å². The van der Waals surface area contributed by atoms with Crippen LogP contribution in [0.4, 0.5) is 11.6 Å². The molecule has 1 atom stereocenters. The molecule has 10 heteroatoms. The smallest absolute Gasteiger partial charge is 0.271 e. The second kappa shape index (κ2) is 5.95. The van der Waals surface area contributed by atoms with Gasteiger partial charge in [0.15, 0.2) is 15.7 Å². The average molecular weight is 337 g/mol. The molecule has 0 aliphatic carbocycles. The minimum Gasteiger partial charge on any atom is -0.360 e. The molecule has 3 heterocycles. The summed E-state index contributed by atoms with van der Waals surface area (Å²) in [7, 11) is -3.04. The second-order valence-electron chi connectivity index (χ2n) is 5.31. The predicted octanol–water partition coefficient (Wildman–Crippen LogP) is 0.434. The SMILES string of the molecule is Cc1cc(Nc2cnc(C(=O)NC3CCS(=O)(=O)C3)cn2)no1. The lowest BCUT2D eigenvalue weighted by atomic mass is 10.2. The number of aryl methyl sites for hydroxylation is 1. The lowest BCUT2D eigenvalue weighted by Crippen LogP contribution is -2.36. The molecule has 122 valence electrons. The van der Waals surface area contributed by atoms with Crippen molar-refractivity contribution in [2.75, 3.05) is 16.8 Å². The maximum absolute atomic E-state index is 12.0. The van der Waals surface area contributed by atoms with Crippen molar-refractivity contribution >= 4 is 27.4 Å². The number of rotatable bonds is 4. The third kappa shape index (κ3) is 3.83. The zero-order valence-corrected chi connectivity index (χ0v) is 13.1. The summed E-state index contributed by atoms with van der Waals surface area (Å²) in [5, 5.41) is 9.30. The summed E-state index contributed by atoms with van der Waals surface area (Å²) in [4.78, 5) is 20.1. The van der Waals surface area contributed by atoms with Crippen LogP contribution < -0.4 is 10.6 Å². The van der Waals surface area contributed by atoms with Crippen LogP contribution in [-0.2, 0) is 9.84 Å². The van der Waals surface area contributed by atoms with E-state index < -0.39 is 15.7 Å². The normalized spacial score (nSPS) is 19.4. The molecule has 1 aliphatic rings. The molecular formula is C13H15N5O4S. The highest BCUT2D eigenvalue weighted by molar-refractivity contribution is 7.91. The number of aromatic nitrogens is 3. The molecule has 1 amide bonds. The van der Waals surface area contributed by atoms with E-state index in [1.54, 1.807) is 13.0 Å². The van der Waals surface area contributed by atoms with Crippen LogP contribution in [0.15, 0.2) is 23.0 Å². The van der Waals surface area contributed by atoms with Gasteiger partial charge in [-0.05, 0) is 13.3 Å². The molecule has 2 aromatic rings. The van der Waals surface area contributed by atoms with Crippen molar-refractivity contribution in [1.29, 1.82) is 0 Å². The van der Waals surface area contributed by atoms with Crippen LogP contribution in [0.2, 0.25) is 0 Å². The van der Waals surface area contributed by atoms with Gasteiger partial charge in [0.2, 0.25) is 0 Å². The predicted molar refractivity (Wildman–Crippen MR) is 81.1 cm³/mol. The van der Waals surface area contributed by atoms with Crippen molar-refractivity contribution in [3.05, 3.63) is 29.9 Å². The zero-order chi connectivity index (χ0) is 16.4. The van der Waals surface area contributed by atoms with Crippen molar-refractivity contribution in [2.24, 2.45) is 0 Å². The standard InChI is InChI=1S/C13H15N5O4S/c1-8-4-11(18-22-8)17-12-6-14-10(5-15-12)13(19)16-9-2-3-23(20,21)7-9/h4-6,9H,2-3,7H2,1H3,(H,16,19)(H,15,17,18). The van der Waals surface area contributed by atoms with Crippen LogP contribution in [0.25, 0.3) is 0 Å². The number of hydrogen-bond donors (Lipinski definition) is 2. The van der Waals surface area contributed by atoms with E-state index in [4.69, 9.17) is 4.52 Å². The van der Waals surface area contributed by atoms with Crippen molar-refractivity contribution < 1.29 is 17.7 Å². The van der Waals surface area contributed by atoms with Crippen molar-refractivity contribution in [2.45, 2.75) is 19.4 Å². The van der Waals surface area contributed by atoms with E-state index in [1.165, 1.54) is 12.4 Å². The van der Waals surface area contributed by atoms with Gasteiger partial charge >= 0.3 is 0 Å². The van der Waals surface area contributed by atoms with Gasteiger partial charge in [-0.1, -0.05) is 5.16 Å². The molecule has 1 fully saturated rings. The van der Waals surface area contributed by atoms with E-state index in [0.29, 0.717) is 23.8 Å². The Balaban J connectivity index is 1.61. The largest absolute Gasteiger partial charge is 0.360 e. The quantitative estimate of drug-likeness (QED) is 0.822. The van der Waals surface area contributed by atoms with E-state index in [2.05, 4.69) is 25.8 Å². The van der Waals surface area contributed by atoms with E-state index in [9.17, 15) is 13.2 Å². The van der Waals surface area contributed by atoms with E-state index in [-0.39, 0.29) is 23.2 Å². The monoisotopic (exact) mass is 337 g/mol. The Morgan fingerprint density at radius 1 is 1.30 bits per heavy atom. The molecule has 1 aliphatic heterocycles. The third-order valence-corrected chi connectivity index (χ3v) is 5.10. The highest BCUT2D eigenvalue weighted by atomic mass is 32.2. The number of anilines is 2.